The monoisotopic (exact) mass is 272 g/mol. The Balaban J connectivity index is 2.28. The van der Waals surface area contributed by atoms with E-state index in [1.54, 1.807) is 25.1 Å². The Bertz CT molecular complexity index is 642. The molecule has 0 aliphatic rings. The van der Waals surface area contributed by atoms with Crippen molar-refractivity contribution in [1.29, 1.82) is 0 Å². The molecule has 0 fully saturated rings. The fraction of sp³-hybridized carbons (Fsp3) is 0.312. The summed E-state index contributed by atoms with van der Waals surface area (Å²) in [5.41, 5.74) is 2.93. The first-order chi connectivity index (χ1) is 9.40. The van der Waals surface area contributed by atoms with Gasteiger partial charge in [-0.05, 0) is 63.1 Å². The van der Waals surface area contributed by atoms with Gasteiger partial charge in [0.1, 0.15) is 11.4 Å². The predicted octanol–water partition coefficient (Wildman–Crippen LogP) is 3.64. The number of carbonyl (C=O) groups is 1. The molecular formula is C16H20N2O2. The number of aromatic nitrogens is 1. The largest absolute Gasteiger partial charge is 0.508 e. The molecule has 2 aromatic rings. The molecule has 2 N–H and O–H groups in total. The third-order valence-electron chi connectivity index (χ3n) is 3.36. The highest BCUT2D eigenvalue weighted by atomic mass is 16.3. The fourth-order valence-electron chi connectivity index (χ4n) is 2.16. The topological polar surface area (TPSA) is 54.3 Å². The van der Waals surface area contributed by atoms with Crippen molar-refractivity contribution in [2.45, 2.75) is 33.7 Å². The summed E-state index contributed by atoms with van der Waals surface area (Å²) in [7, 11) is 0. The van der Waals surface area contributed by atoms with Gasteiger partial charge >= 0.3 is 0 Å². The molecule has 0 aliphatic carbocycles. The van der Waals surface area contributed by atoms with Crippen molar-refractivity contribution >= 4 is 11.6 Å². The molecule has 0 atom stereocenters. The lowest BCUT2D eigenvalue weighted by Gasteiger charge is -2.14. The van der Waals surface area contributed by atoms with Crippen LogP contribution in [0.2, 0.25) is 0 Å². The quantitative estimate of drug-likeness (QED) is 0.838. The van der Waals surface area contributed by atoms with Crippen molar-refractivity contribution in [1.82, 2.24) is 4.57 Å². The highest BCUT2D eigenvalue weighted by Crippen LogP contribution is 2.25. The standard InChI is InChI=1S/C16H20N2O2/c1-10(2)18-7-5-6-14(18)16(20)17-13-8-12(4)15(19)9-11(13)3/h5-10,19H,1-4H3,(H,17,20). The Morgan fingerprint density at radius 1 is 1.25 bits per heavy atom. The Hall–Kier alpha value is -2.23. The molecule has 4 nitrogen and oxygen atoms in total. The van der Waals surface area contributed by atoms with Crippen molar-refractivity contribution < 1.29 is 9.90 Å². The molecule has 1 aromatic carbocycles. The first-order valence-electron chi connectivity index (χ1n) is 6.68. The zero-order chi connectivity index (χ0) is 14.9. The Morgan fingerprint density at radius 2 is 1.95 bits per heavy atom. The molecule has 0 spiro atoms. The van der Waals surface area contributed by atoms with Crippen LogP contribution in [0.4, 0.5) is 5.69 Å². The van der Waals surface area contributed by atoms with Crippen molar-refractivity contribution in [3.63, 3.8) is 0 Å². The second-order valence-electron chi connectivity index (χ2n) is 5.30. The normalized spacial score (nSPS) is 10.8. The highest BCUT2D eigenvalue weighted by molar-refractivity contribution is 6.03. The number of rotatable bonds is 3. The molecule has 4 heteroatoms. The first-order valence-corrected chi connectivity index (χ1v) is 6.68. The average molecular weight is 272 g/mol. The van der Waals surface area contributed by atoms with Crippen molar-refractivity contribution in [3.8, 4) is 5.75 Å². The summed E-state index contributed by atoms with van der Waals surface area (Å²) in [6.45, 7) is 7.73. The van der Waals surface area contributed by atoms with Crippen LogP contribution in [0.1, 0.15) is 41.5 Å². The second-order valence-corrected chi connectivity index (χ2v) is 5.30. The number of phenols is 1. The van der Waals surface area contributed by atoms with E-state index in [0.29, 0.717) is 5.69 Å². The third-order valence-corrected chi connectivity index (χ3v) is 3.36. The van der Waals surface area contributed by atoms with Gasteiger partial charge in [-0.2, -0.15) is 0 Å². The lowest BCUT2D eigenvalue weighted by molar-refractivity contribution is 0.101. The van der Waals surface area contributed by atoms with Gasteiger partial charge in [0.25, 0.3) is 5.91 Å². The lowest BCUT2D eigenvalue weighted by Crippen LogP contribution is -2.18. The SMILES string of the molecule is Cc1cc(NC(=O)c2cccn2C(C)C)c(C)cc1O. The van der Waals surface area contributed by atoms with E-state index in [4.69, 9.17) is 0 Å². The number of hydrogen-bond acceptors (Lipinski definition) is 2. The van der Waals surface area contributed by atoms with Gasteiger partial charge in [0.05, 0.1) is 0 Å². The number of hydrogen-bond donors (Lipinski definition) is 2. The Labute approximate surface area is 119 Å². The maximum absolute atomic E-state index is 12.4. The molecule has 0 radical (unpaired) electrons. The van der Waals surface area contributed by atoms with Crippen LogP contribution in [0.5, 0.6) is 5.75 Å². The minimum absolute atomic E-state index is 0.142. The van der Waals surface area contributed by atoms with Gasteiger partial charge in [0, 0.05) is 17.9 Å². The van der Waals surface area contributed by atoms with E-state index in [1.807, 2.05) is 37.6 Å². The van der Waals surface area contributed by atoms with Gasteiger partial charge in [-0.25, -0.2) is 0 Å². The smallest absolute Gasteiger partial charge is 0.272 e. The lowest BCUT2D eigenvalue weighted by atomic mass is 10.1. The molecule has 1 amide bonds. The Kier molecular flexibility index (Phi) is 3.84. The van der Waals surface area contributed by atoms with E-state index in [-0.39, 0.29) is 17.7 Å². The number of carbonyl (C=O) groups excluding carboxylic acids is 1. The zero-order valence-electron chi connectivity index (χ0n) is 12.3. The van der Waals surface area contributed by atoms with Crippen LogP contribution in [0, 0.1) is 13.8 Å². The summed E-state index contributed by atoms with van der Waals surface area (Å²) in [5.74, 6) is 0.0999. The maximum atomic E-state index is 12.4. The van der Waals surface area contributed by atoms with Crippen LogP contribution in [0.25, 0.3) is 0 Å². The van der Waals surface area contributed by atoms with Crippen LogP contribution < -0.4 is 5.32 Å². The number of aromatic hydroxyl groups is 1. The molecule has 1 aromatic heterocycles. The number of amides is 1. The molecule has 2 rings (SSSR count). The molecule has 0 bridgehead atoms. The fourth-order valence-corrected chi connectivity index (χ4v) is 2.16. The molecule has 0 aliphatic heterocycles. The minimum Gasteiger partial charge on any atom is -0.508 e. The second kappa shape index (κ2) is 5.41. The molecule has 1 heterocycles. The van der Waals surface area contributed by atoms with Crippen molar-refractivity contribution in [2.75, 3.05) is 5.32 Å². The molecule has 106 valence electrons. The summed E-state index contributed by atoms with van der Waals surface area (Å²) in [4.78, 5) is 12.4. The molecule has 20 heavy (non-hydrogen) atoms. The average Bonchev–Trinajstić information content (AvgIpc) is 2.85. The van der Waals surface area contributed by atoms with Crippen LogP contribution in [0.3, 0.4) is 0 Å². The van der Waals surface area contributed by atoms with Gasteiger partial charge < -0.3 is 15.0 Å². The predicted molar refractivity (Wildman–Crippen MR) is 80.4 cm³/mol. The molecule has 0 unspecified atom stereocenters. The van der Waals surface area contributed by atoms with E-state index in [2.05, 4.69) is 5.32 Å². The number of benzene rings is 1. The van der Waals surface area contributed by atoms with Crippen LogP contribution in [-0.2, 0) is 0 Å². The molecule has 0 saturated heterocycles. The van der Waals surface area contributed by atoms with E-state index in [0.717, 1.165) is 16.8 Å². The van der Waals surface area contributed by atoms with Gasteiger partial charge in [0.15, 0.2) is 0 Å². The van der Waals surface area contributed by atoms with Crippen LogP contribution >= 0.6 is 0 Å². The maximum Gasteiger partial charge on any atom is 0.272 e. The van der Waals surface area contributed by atoms with Gasteiger partial charge in [-0.1, -0.05) is 0 Å². The molecular weight excluding hydrogens is 252 g/mol. The summed E-state index contributed by atoms with van der Waals surface area (Å²) in [6, 6.07) is 7.34. The molecule has 0 saturated carbocycles. The third kappa shape index (κ3) is 2.69. The van der Waals surface area contributed by atoms with E-state index in [9.17, 15) is 9.90 Å². The van der Waals surface area contributed by atoms with E-state index >= 15 is 0 Å². The Morgan fingerprint density at radius 3 is 2.60 bits per heavy atom. The van der Waals surface area contributed by atoms with Crippen LogP contribution in [-0.4, -0.2) is 15.6 Å². The zero-order valence-corrected chi connectivity index (χ0v) is 12.3. The van der Waals surface area contributed by atoms with Gasteiger partial charge in [-0.3, -0.25) is 4.79 Å². The highest BCUT2D eigenvalue weighted by Gasteiger charge is 2.14. The van der Waals surface area contributed by atoms with Gasteiger partial charge in [0.2, 0.25) is 0 Å². The minimum atomic E-state index is -0.142. The number of nitrogens with zero attached hydrogens (tertiary/aromatic N) is 1. The van der Waals surface area contributed by atoms with Crippen molar-refractivity contribution in [2.24, 2.45) is 0 Å². The number of nitrogens with one attached hydrogen (secondary N) is 1. The summed E-state index contributed by atoms with van der Waals surface area (Å²) in [6.07, 6.45) is 1.90. The summed E-state index contributed by atoms with van der Waals surface area (Å²) >= 11 is 0. The van der Waals surface area contributed by atoms with E-state index < -0.39 is 0 Å². The van der Waals surface area contributed by atoms with E-state index in [1.165, 1.54) is 0 Å². The number of aryl methyl sites for hydroxylation is 2. The summed E-state index contributed by atoms with van der Waals surface area (Å²) < 4.78 is 1.93. The number of anilines is 1. The van der Waals surface area contributed by atoms with Gasteiger partial charge in [-0.15, -0.1) is 0 Å². The summed E-state index contributed by atoms with van der Waals surface area (Å²) in [5, 5.41) is 12.5. The van der Waals surface area contributed by atoms with Crippen molar-refractivity contribution in [3.05, 3.63) is 47.3 Å². The number of phenolic OH excluding ortho intramolecular Hbond substituents is 1. The first kappa shape index (κ1) is 14.2. The van der Waals surface area contributed by atoms with Crippen LogP contribution in [0.15, 0.2) is 30.5 Å².